The first-order chi connectivity index (χ1) is 15.8. The van der Waals surface area contributed by atoms with E-state index in [4.69, 9.17) is 22.1 Å². The van der Waals surface area contributed by atoms with Gasteiger partial charge in [-0.15, -0.1) is 0 Å². The second-order valence-electron chi connectivity index (χ2n) is 9.13. The van der Waals surface area contributed by atoms with Gasteiger partial charge in [-0.3, -0.25) is 9.69 Å². The average Bonchev–Trinajstić information content (AvgIpc) is 2.77. The second kappa shape index (κ2) is 8.80. The number of hydrogen-bond donors (Lipinski definition) is 1. The molecule has 2 aromatic carbocycles. The van der Waals surface area contributed by atoms with Gasteiger partial charge in [0.2, 0.25) is 0 Å². The Kier molecular flexibility index (Phi) is 6.05. The minimum atomic E-state index is -0.523. The quantitative estimate of drug-likeness (QED) is 0.567. The lowest BCUT2D eigenvalue weighted by molar-refractivity contribution is -0.118. The van der Waals surface area contributed by atoms with Crippen molar-refractivity contribution in [2.75, 3.05) is 11.5 Å². The molecule has 6 heteroatoms. The molecule has 33 heavy (non-hydrogen) atoms. The summed E-state index contributed by atoms with van der Waals surface area (Å²) < 4.78 is 5.59. The van der Waals surface area contributed by atoms with Crippen molar-refractivity contribution in [3.8, 4) is 11.8 Å². The van der Waals surface area contributed by atoms with Crippen LogP contribution < -0.4 is 15.4 Å². The van der Waals surface area contributed by atoms with Crippen LogP contribution >= 0.6 is 11.6 Å². The number of nitriles is 1. The Hall–Kier alpha value is -3.49. The minimum absolute atomic E-state index is 0.0393. The summed E-state index contributed by atoms with van der Waals surface area (Å²) in [4.78, 5) is 15.4. The van der Waals surface area contributed by atoms with E-state index in [0.29, 0.717) is 47.2 Å². The lowest BCUT2D eigenvalue weighted by Gasteiger charge is -2.43. The highest BCUT2D eigenvalue weighted by molar-refractivity contribution is 6.30. The molecule has 2 N–H and O–H groups in total. The number of rotatable bonds is 5. The molecule has 2 aromatic rings. The summed E-state index contributed by atoms with van der Waals surface area (Å²) in [5, 5.41) is 10.7. The van der Waals surface area contributed by atoms with E-state index in [0.717, 1.165) is 16.9 Å². The van der Waals surface area contributed by atoms with E-state index in [1.165, 1.54) is 0 Å². The molecule has 1 aliphatic carbocycles. The van der Waals surface area contributed by atoms with Crippen molar-refractivity contribution in [3.63, 3.8) is 0 Å². The third-order valence-electron chi connectivity index (χ3n) is 6.05. The van der Waals surface area contributed by atoms with Gasteiger partial charge in [0.25, 0.3) is 0 Å². The average molecular weight is 460 g/mol. The largest absolute Gasteiger partial charge is 0.490 e. The molecule has 1 heterocycles. The maximum absolute atomic E-state index is 13.5. The molecular formula is C27H26ClN3O2. The summed E-state index contributed by atoms with van der Waals surface area (Å²) in [7, 11) is 0. The summed E-state index contributed by atoms with van der Waals surface area (Å²) in [6.07, 6.45) is 2.75. The monoisotopic (exact) mass is 459 g/mol. The second-order valence-corrected chi connectivity index (χ2v) is 9.56. The van der Waals surface area contributed by atoms with Gasteiger partial charge in [-0.1, -0.05) is 50.2 Å². The zero-order valence-electron chi connectivity index (χ0n) is 18.8. The Morgan fingerprint density at radius 2 is 1.88 bits per heavy atom. The molecule has 0 aromatic heterocycles. The number of ether oxygens (including phenoxy) is 1. The third-order valence-corrected chi connectivity index (χ3v) is 6.30. The van der Waals surface area contributed by atoms with Gasteiger partial charge < -0.3 is 10.5 Å². The van der Waals surface area contributed by atoms with Crippen molar-refractivity contribution in [3.05, 3.63) is 94.4 Å². The van der Waals surface area contributed by atoms with Gasteiger partial charge >= 0.3 is 0 Å². The molecule has 5 nitrogen and oxygen atoms in total. The van der Waals surface area contributed by atoms with Crippen LogP contribution in [0.25, 0.3) is 0 Å². The van der Waals surface area contributed by atoms with Crippen molar-refractivity contribution in [1.82, 2.24) is 0 Å². The molecule has 0 unspecified atom stereocenters. The van der Waals surface area contributed by atoms with E-state index < -0.39 is 5.92 Å². The fourth-order valence-electron chi connectivity index (χ4n) is 4.64. The molecule has 0 saturated heterocycles. The summed E-state index contributed by atoms with van der Waals surface area (Å²) in [5.74, 6) is 0.544. The van der Waals surface area contributed by atoms with E-state index in [2.05, 4.69) is 26.5 Å². The van der Waals surface area contributed by atoms with E-state index in [1.54, 1.807) is 18.2 Å². The fourth-order valence-corrected chi connectivity index (χ4v) is 4.76. The SMILES string of the molecule is C=CCOc1ccc([C@@H]2C(C#N)=C(N)N(c3ccc(Cl)cc3)C3=C2C(=O)CC(C)(C)C3)cc1. The summed E-state index contributed by atoms with van der Waals surface area (Å²) in [6, 6.07) is 17.0. The van der Waals surface area contributed by atoms with Crippen molar-refractivity contribution in [1.29, 1.82) is 5.26 Å². The lowest BCUT2D eigenvalue weighted by Crippen LogP contribution is -2.42. The molecule has 1 atom stereocenters. The lowest BCUT2D eigenvalue weighted by atomic mass is 9.68. The van der Waals surface area contributed by atoms with Crippen LogP contribution in [0.1, 0.15) is 38.2 Å². The standard InChI is InChI=1S/C27H26ClN3O2/c1-4-13-33-20-11-5-17(6-12-20)24-21(16-29)26(30)31(19-9-7-18(28)8-10-19)22-14-27(2,3)15-23(32)25(22)24/h4-12,24H,1,13-15,30H2,2-3H3/t24-/m1/s1. The maximum atomic E-state index is 13.5. The van der Waals surface area contributed by atoms with Crippen molar-refractivity contribution in [2.45, 2.75) is 32.6 Å². The molecule has 0 bridgehead atoms. The zero-order valence-corrected chi connectivity index (χ0v) is 19.5. The number of carbonyl (C=O) groups excluding carboxylic acids is 1. The minimum Gasteiger partial charge on any atom is -0.490 e. The first-order valence-corrected chi connectivity index (χ1v) is 11.2. The summed E-state index contributed by atoms with van der Waals surface area (Å²) in [5.41, 5.74) is 9.85. The number of nitrogens with two attached hydrogens (primary N) is 1. The predicted octanol–water partition coefficient (Wildman–Crippen LogP) is 5.85. The summed E-state index contributed by atoms with van der Waals surface area (Å²) >= 11 is 6.10. The van der Waals surface area contributed by atoms with Crippen LogP contribution in [0.5, 0.6) is 5.75 Å². The molecule has 0 fully saturated rings. The number of anilines is 1. The van der Waals surface area contributed by atoms with Gasteiger partial charge in [0.1, 0.15) is 18.2 Å². The molecule has 2 aliphatic rings. The first kappa shape index (κ1) is 22.7. The van der Waals surface area contributed by atoms with Crippen LogP contribution in [-0.2, 0) is 4.79 Å². The molecule has 4 rings (SSSR count). The number of hydrogen-bond acceptors (Lipinski definition) is 5. The number of allylic oxidation sites excluding steroid dienone is 3. The van der Waals surface area contributed by atoms with Gasteiger partial charge in [-0.25, -0.2) is 0 Å². The maximum Gasteiger partial charge on any atom is 0.162 e. The molecule has 0 saturated carbocycles. The van der Waals surface area contributed by atoms with Gasteiger partial charge in [0.15, 0.2) is 5.78 Å². The smallest absolute Gasteiger partial charge is 0.162 e. The topological polar surface area (TPSA) is 79.3 Å². The zero-order chi connectivity index (χ0) is 23.8. The van der Waals surface area contributed by atoms with E-state index >= 15 is 0 Å². The highest BCUT2D eigenvalue weighted by Gasteiger charge is 2.44. The third kappa shape index (κ3) is 4.27. The molecule has 0 spiro atoms. The number of nitrogens with zero attached hydrogens (tertiary/aromatic N) is 2. The van der Waals surface area contributed by atoms with Crippen molar-refractivity contribution < 1.29 is 9.53 Å². The van der Waals surface area contributed by atoms with E-state index in [9.17, 15) is 10.1 Å². The van der Waals surface area contributed by atoms with E-state index in [-0.39, 0.29) is 11.2 Å². The van der Waals surface area contributed by atoms with Gasteiger partial charge in [-0.2, -0.15) is 5.26 Å². The molecular weight excluding hydrogens is 434 g/mol. The highest BCUT2D eigenvalue weighted by Crippen LogP contribution is 2.50. The fraction of sp³-hybridized carbons (Fsp3) is 0.259. The first-order valence-electron chi connectivity index (χ1n) is 10.8. The Balaban J connectivity index is 1.89. The molecule has 0 amide bonds. The van der Waals surface area contributed by atoms with Crippen molar-refractivity contribution in [2.24, 2.45) is 11.1 Å². The Labute approximate surface area is 199 Å². The molecule has 1 aliphatic heterocycles. The van der Waals surface area contributed by atoms with Crippen LogP contribution in [0, 0.1) is 16.7 Å². The van der Waals surface area contributed by atoms with Crippen LogP contribution in [-0.4, -0.2) is 12.4 Å². The van der Waals surface area contributed by atoms with Crippen LogP contribution in [0.2, 0.25) is 5.02 Å². The van der Waals surface area contributed by atoms with Crippen molar-refractivity contribution >= 4 is 23.1 Å². The van der Waals surface area contributed by atoms with Crippen LogP contribution in [0.3, 0.4) is 0 Å². The van der Waals surface area contributed by atoms with E-state index in [1.807, 2.05) is 41.3 Å². The summed E-state index contributed by atoms with van der Waals surface area (Å²) in [6.45, 7) is 8.22. The predicted molar refractivity (Wildman–Crippen MR) is 131 cm³/mol. The number of ketones is 1. The number of carbonyl (C=O) groups is 1. The number of Topliss-reactive ketones (excluding diaryl/α,β-unsaturated/α-hetero) is 1. The number of halogens is 1. The molecule has 0 radical (unpaired) electrons. The highest BCUT2D eigenvalue weighted by atomic mass is 35.5. The molecule has 168 valence electrons. The van der Waals surface area contributed by atoms with Gasteiger partial charge in [0, 0.05) is 28.4 Å². The van der Waals surface area contributed by atoms with Crippen LogP contribution in [0.4, 0.5) is 5.69 Å². The van der Waals surface area contributed by atoms with Crippen LogP contribution in [0.15, 0.2) is 83.9 Å². The van der Waals surface area contributed by atoms with Gasteiger partial charge in [0.05, 0.1) is 17.6 Å². The number of benzene rings is 2. The Morgan fingerprint density at radius 3 is 2.48 bits per heavy atom. The Bertz CT molecular complexity index is 1200. The van der Waals surface area contributed by atoms with Gasteiger partial charge in [-0.05, 0) is 53.8 Å². The normalized spacial score (nSPS) is 19.8. The Morgan fingerprint density at radius 1 is 1.21 bits per heavy atom.